The van der Waals surface area contributed by atoms with Crippen molar-refractivity contribution in [3.8, 4) is 0 Å². The topological polar surface area (TPSA) is 74.6 Å². The van der Waals surface area contributed by atoms with Gasteiger partial charge in [0.05, 0.1) is 21.2 Å². The molecule has 0 aliphatic heterocycles. The van der Waals surface area contributed by atoms with Gasteiger partial charge in [0.25, 0.3) is 0 Å². The Labute approximate surface area is 125 Å². The van der Waals surface area contributed by atoms with Crippen LogP contribution in [0.5, 0.6) is 0 Å². The highest BCUT2D eigenvalue weighted by molar-refractivity contribution is 6.41. The second-order valence-electron chi connectivity index (χ2n) is 3.61. The lowest BCUT2D eigenvalue weighted by Crippen LogP contribution is -2.01. The normalized spacial score (nSPS) is 9.30. The Morgan fingerprint density at radius 2 is 1.15 bits per heavy atom. The minimum absolute atomic E-state index is 0.0186. The van der Waals surface area contributed by atoms with Crippen molar-refractivity contribution in [2.45, 2.75) is 0 Å². The Kier molecular flexibility index (Phi) is 6.03. The summed E-state index contributed by atoms with van der Waals surface area (Å²) in [4.78, 5) is 20.8. The van der Waals surface area contributed by atoms with Gasteiger partial charge in [-0.3, -0.25) is 0 Å². The Morgan fingerprint density at radius 3 is 1.45 bits per heavy atom. The van der Waals surface area contributed by atoms with Gasteiger partial charge in [-0.2, -0.15) is 0 Å². The summed E-state index contributed by atoms with van der Waals surface area (Å²) in [5.74, 6) is -2.25. The summed E-state index contributed by atoms with van der Waals surface area (Å²) in [6.45, 7) is 0. The molecule has 0 heterocycles. The largest absolute Gasteiger partial charge is 0.478 e. The first-order chi connectivity index (χ1) is 9.41. The standard InChI is InChI=1S/C8H6O4.C6H4Cl2/c9-7(10)5-2-1-3-6(4-5)8(11)12;7-5-3-1-2-4-6(5)8/h1-4H,(H,9,10)(H,11,12);1-4H. The molecule has 0 atom stereocenters. The van der Waals surface area contributed by atoms with Gasteiger partial charge in [-0.15, -0.1) is 0 Å². The zero-order valence-corrected chi connectivity index (χ0v) is 11.6. The van der Waals surface area contributed by atoms with Crippen LogP contribution < -0.4 is 0 Å². The number of hydrogen-bond acceptors (Lipinski definition) is 2. The highest BCUT2D eigenvalue weighted by Gasteiger charge is 2.06. The molecule has 2 aromatic carbocycles. The number of halogens is 2. The fourth-order valence-corrected chi connectivity index (χ4v) is 1.50. The van der Waals surface area contributed by atoms with Crippen LogP contribution in [0.4, 0.5) is 0 Å². The molecule has 6 heteroatoms. The van der Waals surface area contributed by atoms with E-state index in [0.717, 1.165) is 6.07 Å². The third-order valence-electron chi connectivity index (χ3n) is 2.18. The molecule has 0 bridgehead atoms. The van der Waals surface area contributed by atoms with Crippen LogP contribution in [0.3, 0.4) is 0 Å². The number of hydrogen-bond donors (Lipinski definition) is 2. The first-order valence-electron chi connectivity index (χ1n) is 5.38. The van der Waals surface area contributed by atoms with Gasteiger partial charge in [-0.1, -0.05) is 41.4 Å². The van der Waals surface area contributed by atoms with E-state index in [-0.39, 0.29) is 11.1 Å². The maximum absolute atomic E-state index is 10.4. The Hall–Kier alpha value is -2.04. The van der Waals surface area contributed by atoms with E-state index in [4.69, 9.17) is 33.4 Å². The molecule has 0 aromatic heterocycles. The number of aromatic carboxylic acids is 2. The van der Waals surface area contributed by atoms with E-state index in [1.807, 2.05) is 12.1 Å². The number of carboxylic acids is 2. The van der Waals surface area contributed by atoms with Crippen LogP contribution in [-0.4, -0.2) is 22.2 Å². The molecule has 0 aliphatic rings. The van der Waals surface area contributed by atoms with Crippen LogP contribution in [0.15, 0.2) is 48.5 Å². The Morgan fingerprint density at radius 1 is 0.750 bits per heavy atom. The fourth-order valence-electron chi connectivity index (χ4n) is 1.22. The van der Waals surface area contributed by atoms with Crippen LogP contribution in [0.1, 0.15) is 20.7 Å². The molecule has 0 aliphatic carbocycles. The summed E-state index contributed by atoms with van der Waals surface area (Å²) in [5.41, 5.74) is -0.0372. The molecule has 0 unspecified atom stereocenters. The molecule has 4 nitrogen and oxygen atoms in total. The predicted octanol–water partition coefficient (Wildman–Crippen LogP) is 4.08. The van der Waals surface area contributed by atoms with Crippen molar-refractivity contribution < 1.29 is 19.8 Å². The number of rotatable bonds is 2. The van der Waals surface area contributed by atoms with Gasteiger partial charge in [-0.05, 0) is 30.3 Å². The molecule has 2 rings (SSSR count). The molecule has 0 saturated carbocycles. The zero-order valence-electron chi connectivity index (χ0n) is 10.1. The number of carbonyl (C=O) groups is 2. The smallest absolute Gasteiger partial charge is 0.335 e. The lowest BCUT2D eigenvalue weighted by Gasteiger charge is -1.95. The molecule has 0 saturated heterocycles. The minimum Gasteiger partial charge on any atom is -0.478 e. The summed E-state index contributed by atoms with van der Waals surface area (Å²) in [5, 5.41) is 18.2. The van der Waals surface area contributed by atoms with E-state index in [2.05, 4.69) is 0 Å². The van der Waals surface area contributed by atoms with Crippen LogP contribution in [0, 0.1) is 0 Å². The average molecular weight is 313 g/mol. The SMILES string of the molecule is Clc1ccccc1Cl.O=C(O)c1cccc(C(=O)O)c1. The number of benzene rings is 2. The fraction of sp³-hybridized carbons (Fsp3) is 0. The summed E-state index contributed by atoms with van der Waals surface area (Å²) < 4.78 is 0. The third-order valence-corrected chi connectivity index (χ3v) is 2.94. The Bertz CT molecular complexity index is 576. The molecule has 20 heavy (non-hydrogen) atoms. The van der Waals surface area contributed by atoms with Gasteiger partial charge < -0.3 is 10.2 Å². The van der Waals surface area contributed by atoms with Crippen molar-refractivity contribution in [1.82, 2.24) is 0 Å². The zero-order chi connectivity index (χ0) is 15.1. The molecule has 0 radical (unpaired) electrons. The maximum Gasteiger partial charge on any atom is 0.335 e. The van der Waals surface area contributed by atoms with Crippen LogP contribution in [0.25, 0.3) is 0 Å². The average Bonchev–Trinajstić information content (AvgIpc) is 2.43. The lowest BCUT2D eigenvalue weighted by molar-refractivity contribution is 0.0696. The highest BCUT2D eigenvalue weighted by atomic mass is 35.5. The Balaban J connectivity index is 0.000000217. The lowest BCUT2D eigenvalue weighted by atomic mass is 10.1. The number of carboxylic acid groups (broad SMARTS) is 2. The molecule has 2 N–H and O–H groups in total. The highest BCUT2D eigenvalue weighted by Crippen LogP contribution is 2.19. The molecular weight excluding hydrogens is 303 g/mol. The monoisotopic (exact) mass is 312 g/mol. The molecular formula is C14H10Cl2O4. The van der Waals surface area contributed by atoms with Crippen LogP contribution in [-0.2, 0) is 0 Å². The quantitative estimate of drug-likeness (QED) is 0.876. The van der Waals surface area contributed by atoms with Crippen molar-refractivity contribution >= 4 is 35.1 Å². The van der Waals surface area contributed by atoms with E-state index < -0.39 is 11.9 Å². The summed E-state index contributed by atoms with van der Waals surface area (Å²) in [7, 11) is 0. The van der Waals surface area contributed by atoms with Crippen molar-refractivity contribution in [2.75, 3.05) is 0 Å². The first kappa shape index (κ1) is 16.0. The van der Waals surface area contributed by atoms with Crippen molar-refractivity contribution in [2.24, 2.45) is 0 Å². The van der Waals surface area contributed by atoms with E-state index in [1.165, 1.54) is 18.2 Å². The maximum atomic E-state index is 10.4. The van der Waals surface area contributed by atoms with E-state index in [0.29, 0.717) is 10.0 Å². The molecule has 2 aromatic rings. The summed E-state index contributed by atoms with van der Waals surface area (Å²) in [6.07, 6.45) is 0. The molecule has 0 fully saturated rings. The van der Waals surface area contributed by atoms with Gasteiger partial charge in [0.15, 0.2) is 0 Å². The minimum atomic E-state index is -1.13. The third kappa shape index (κ3) is 4.91. The van der Waals surface area contributed by atoms with E-state index in [9.17, 15) is 9.59 Å². The second kappa shape index (κ2) is 7.53. The summed E-state index contributed by atoms with van der Waals surface area (Å²) >= 11 is 11.2. The van der Waals surface area contributed by atoms with Gasteiger partial charge in [-0.25, -0.2) is 9.59 Å². The van der Waals surface area contributed by atoms with Crippen molar-refractivity contribution in [3.05, 3.63) is 69.7 Å². The van der Waals surface area contributed by atoms with E-state index >= 15 is 0 Å². The van der Waals surface area contributed by atoms with Gasteiger partial charge in [0, 0.05) is 0 Å². The molecule has 0 spiro atoms. The van der Waals surface area contributed by atoms with Gasteiger partial charge in [0.1, 0.15) is 0 Å². The van der Waals surface area contributed by atoms with Crippen molar-refractivity contribution in [3.63, 3.8) is 0 Å². The van der Waals surface area contributed by atoms with Crippen LogP contribution >= 0.6 is 23.2 Å². The second-order valence-corrected chi connectivity index (χ2v) is 4.42. The first-order valence-corrected chi connectivity index (χ1v) is 6.14. The predicted molar refractivity (Wildman–Crippen MR) is 76.8 cm³/mol. The summed E-state index contributed by atoms with van der Waals surface area (Å²) in [6, 6.07) is 12.4. The van der Waals surface area contributed by atoms with Gasteiger partial charge in [0.2, 0.25) is 0 Å². The molecule has 0 amide bonds. The molecule has 104 valence electrons. The van der Waals surface area contributed by atoms with Crippen molar-refractivity contribution in [1.29, 1.82) is 0 Å². The van der Waals surface area contributed by atoms with Gasteiger partial charge >= 0.3 is 11.9 Å². The van der Waals surface area contributed by atoms with Crippen LogP contribution in [0.2, 0.25) is 10.0 Å². The van der Waals surface area contributed by atoms with E-state index in [1.54, 1.807) is 12.1 Å².